The van der Waals surface area contributed by atoms with Crippen LogP contribution in [0.1, 0.15) is 65.2 Å². The molecule has 0 unspecified atom stereocenters. The molecule has 0 aromatic rings. The Morgan fingerprint density at radius 3 is 2.08 bits per heavy atom. The van der Waals surface area contributed by atoms with Crippen LogP contribution >= 0.6 is 0 Å². The Bertz CT molecular complexity index is 389. The van der Waals surface area contributed by atoms with Crippen molar-refractivity contribution in [1.82, 2.24) is 5.32 Å². The minimum atomic E-state index is -1.94. The van der Waals surface area contributed by atoms with Gasteiger partial charge in [0.15, 0.2) is 0 Å². The lowest BCUT2D eigenvalue weighted by Gasteiger charge is -2.25. The quantitative estimate of drug-likeness (QED) is 0.293. The maximum atomic E-state index is 12.2. The normalized spacial score (nSPS) is 12.8. The van der Waals surface area contributed by atoms with Gasteiger partial charge in [-0.15, -0.1) is 6.58 Å². The van der Waals surface area contributed by atoms with E-state index in [2.05, 4.69) is 11.9 Å². The summed E-state index contributed by atoms with van der Waals surface area (Å²) in [6, 6.07) is -0.539. The summed E-state index contributed by atoms with van der Waals surface area (Å²) in [4.78, 5) is 24.3. The fourth-order valence-corrected chi connectivity index (χ4v) is 3.12. The summed E-state index contributed by atoms with van der Waals surface area (Å²) >= 11 is 0. The van der Waals surface area contributed by atoms with E-state index in [1.54, 1.807) is 0 Å². The summed E-state index contributed by atoms with van der Waals surface area (Å²) in [5.74, 6) is -0.310. The number of rotatable bonds is 13. The molecule has 1 atom stereocenters. The van der Waals surface area contributed by atoms with E-state index in [1.165, 1.54) is 19.3 Å². The smallest absolute Gasteiger partial charge is 0.315 e. The zero-order chi connectivity index (χ0) is 18.6. The van der Waals surface area contributed by atoms with E-state index in [-0.39, 0.29) is 17.8 Å². The van der Waals surface area contributed by atoms with Crippen LogP contribution in [0.5, 0.6) is 0 Å². The predicted octanol–water partition coefficient (Wildman–Crippen LogP) is 4.81. The van der Waals surface area contributed by atoms with Crippen LogP contribution in [0.4, 0.5) is 0 Å². The largest absolute Gasteiger partial charge is 0.518 e. The number of carbonyl (C=O) groups excluding carboxylic acids is 2. The molecule has 0 saturated carbocycles. The summed E-state index contributed by atoms with van der Waals surface area (Å²) in [5, 5.41) is 2.86. The van der Waals surface area contributed by atoms with Crippen LogP contribution in [-0.2, 0) is 14.0 Å². The summed E-state index contributed by atoms with van der Waals surface area (Å²) in [7, 11) is -1.94. The molecule has 0 radical (unpaired) electrons. The van der Waals surface area contributed by atoms with E-state index in [0.29, 0.717) is 6.42 Å². The summed E-state index contributed by atoms with van der Waals surface area (Å²) < 4.78 is 5.53. The molecule has 0 aliphatic heterocycles. The SMILES string of the molecule is C=CCCCCCCCCC(=O)N[C@H](C(=O)O[Si](C)(C)C)C(C)C. The first-order chi connectivity index (χ1) is 11.2. The Kier molecular flexibility index (Phi) is 11.7. The Labute approximate surface area is 149 Å². The fraction of sp³-hybridized carbons (Fsp3) is 0.789. The van der Waals surface area contributed by atoms with Crippen LogP contribution in [-0.4, -0.2) is 26.2 Å². The second kappa shape index (κ2) is 12.3. The molecule has 24 heavy (non-hydrogen) atoms. The van der Waals surface area contributed by atoms with Crippen molar-refractivity contribution >= 4 is 20.2 Å². The van der Waals surface area contributed by atoms with E-state index in [0.717, 1.165) is 25.7 Å². The van der Waals surface area contributed by atoms with Crippen molar-refractivity contribution in [3.8, 4) is 0 Å². The molecular formula is C19H37NO3Si. The third kappa shape index (κ3) is 12.3. The maximum absolute atomic E-state index is 12.2. The molecule has 5 heteroatoms. The zero-order valence-electron chi connectivity index (χ0n) is 16.3. The monoisotopic (exact) mass is 355 g/mol. The Balaban J connectivity index is 4.04. The second-order valence-electron chi connectivity index (χ2n) is 7.77. The van der Waals surface area contributed by atoms with Crippen LogP contribution in [0.15, 0.2) is 12.7 Å². The van der Waals surface area contributed by atoms with Gasteiger partial charge in [-0.3, -0.25) is 9.59 Å². The van der Waals surface area contributed by atoms with Gasteiger partial charge in [0.25, 0.3) is 0 Å². The molecule has 0 saturated heterocycles. The molecule has 0 rings (SSSR count). The van der Waals surface area contributed by atoms with Gasteiger partial charge in [0, 0.05) is 6.42 Å². The fourth-order valence-electron chi connectivity index (χ4n) is 2.39. The van der Waals surface area contributed by atoms with Gasteiger partial charge in [-0.05, 0) is 44.8 Å². The van der Waals surface area contributed by atoms with Gasteiger partial charge in [0.2, 0.25) is 14.2 Å². The summed E-state index contributed by atoms with van der Waals surface area (Å²) in [6.07, 6.45) is 10.3. The van der Waals surface area contributed by atoms with Gasteiger partial charge in [0.1, 0.15) is 6.04 Å². The summed E-state index contributed by atoms with van der Waals surface area (Å²) in [5.41, 5.74) is 0. The lowest BCUT2D eigenvalue weighted by molar-refractivity contribution is -0.141. The maximum Gasteiger partial charge on any atom is 0.315 e. The van der Waals surface area contributed by atoms with Gasteiger partial charge < -0.3 is 9.74 Å². The van der Waals surface area contributed by atoms with E-state index >= 15 is 0 Å². The first kappa shape index (κ1) is 22.9. The highest BCUT2D eigenvalue weighted by Gasteiger charge is 2.29. The van der Waals surface area contributed by atoms with Crippen LogP contribution in [0.2, 0.25) is 19.6 Å². The van der Waals surface area contributed by atoms with Crippen molar-refractivity contribution in [3.05, 3.63) is 12.7 Å². The number of hydrogen-bond acceptors (Lipinski definition) is 3. The minimum absolute atomic E-state index is 0.0302. The molecule has 0 heterocycles. The topological polar surface area (TPSA) is 55.4 Å². The molecule has 0 spiro atoms. The first-order valence-corrected chi connectivity index (χ1v) is 12.7. The number of carbonyl (C=O) groups is 2. The molecule has 140 valence electrons. The van der Waals surface area contributed by atoms with Crippen molar-refractivity contribution in [2.75, 3.05) is 0 Å². The van der Waals surface area contributed by atoms with Crippen molar-refractivity contribution in [2.45, 2.75) is 90.9 Å². The first-order valence-electron chi connectivity index (χ1n) is 9.30. The third-order valence-corrected chi connectivity index (χ3v) is 4.52. The summed E-state index contributed by atoms with van der Waals surface area (Å²) in [6.45, 7) is 13.5. The Morgan fingerprint density at radius 2 is 1.58 bits per heavy atom. The second-order valence-corrected chi connectivity index (χ2v) is 12.2. The van der Waals surface area contributed by atoms with E-state index in [1.807, 2.05) is 39.6 Å². The number of nitrogens with one attached hydrogen (secondary N) is 1. The number of hydrogen-bond donors (Lipinski definition) is 1. The Hall–Kier alpha value is -1.10. The van der Waals surface area contributed by atoms with Crippen molar-refractivity contribution in [2.24, 2.45) is 5.92 Å². The van der Waals surface area contributed by atoms with Crippen molar-refractivity contribution in [3.63, 3.8) is 0 Å². The molecule has 0 aromatic carbocycles. The zero-order valence-corrected chi connectivity index (χ0v) is 17.3. The average molecular weight is 356 g/mol. The molecule has 1 N–H and O–H groups in total. The lowest BCUT2D eigenvalue weighted by atomic mass is 10.0. The van der Waals surface area contributed by atoms with E-state index < -0.39 is 14.4 Å². The number of allylic oxidation sites excluding steroid dienone is 1. The van der Waals surface area contributed by atoms with Crippen LogP contribution in [0, 0.1) is 5.92 Å². The van der Waals surface area contributed by atoms with Gasteiger partial charge in [-0.25, -0.2) is 0 Å². The minimum Gasteiger partial charge on any atom is -0.518 e. The molecule has 0 aliphatic rings. The average Bonchev–Trinajstić information content (AvgIpc) is 2.45. The molecular weight excluding hydrogens is 318 g/mol. The van der Waals surface area contributed by atoms with Gasteiger partial charge in [-0.1, -0.05) is 45.6 Å². The van der Waals surface area contributed by atoms with Crippen LogP contribution in [0.3, 0.4) is 0 Å². The highest BCUT2D eigenvalue weighted by molar-refractivity contribution is 6.71. The van der Waals surface area contributed by atoms with Crippen molar-refractivity contribution in [1.29, 1.82) is 0 Å². The van der Waals surface area contributed by atoms with E-state index in [4.69, 9.17) is 4.43 Å². The molecule has 4 nitrogen and oxygen atoms in total. The standard InChI is InChI=1S/C19H37NO3Si/c1-7-8-9-10-11-12-13-14-15-17(21)20-18(16(2)3)19(22)23-24(4,5)6/h7,16,18H,1,8-15H2,2-6H3,(H,20,21)/t18-/m0/s1. The van der Waals surface area contributed by atoms with Crippen LogP contribution < -0.4 is 5.32 Å². The highest BCUT2D eigenvalue weighted by atomic mass is 28.4. The third-order valence-electron chi connectivity index (χ3n) is 3.71. The Morgan fingerprint density at radius 1 is 1.04 bits per heavy atom. The molecule has 0 bridgehead atoms. The predicted molar refractivity (Wildman–Crippen MR) is 103 cm³/mol. The van der Waals surface area contributed by atoms with Gasteiger partial charge in [-0.2, -0.15) is 0 Å². The molecule has 0 aliphatic carbocycles. The number of amides is 1. The molecule has 0 aromatic heterocycles. The van der Waals surface area contributed by atoms with E-state index in [9.17, 15) is 9.59 Å². The lowest BCUT2D eigenvalue weighted by Crippen LogP contribution is -2.48. The van der Waals surface area contributed by atoms with Gasteiger partial charge in [0.05, 0.1) is 0 Å². The number of unbranched alkanes of at least 4 members (excludes halogenated alkanes) is 6. The highest BCUT2D eigenvalue weighted by Crippen LogP contribution is 2.12. The van der Waals surface area contributed by atoms with Crippen LogP contribution in [0.25, 0.3) is 0 Å². The molecule has 1 amide bonds. The van der Waals surface area contributed by atoms with Crippen molar-refractivity contribution < 1.29 is 14.0 Å². The molecule has 0 fully saturated rings. The van der Waals surface area contributed by atoms with Gasteiger partial charge >= 0.3 is 5.97 Å².